The third-order valence-corrected chi connectivity index (χ3v) is 11.1. The van der Waals surface area contributed by atoms with E-state index < -0.39 is 6.10 Å². The van der Waals surface area contributed by atoms with Gasteiger partial charge in [0.25, 0.3) is 0 Å². The molecule has 0 amide bonds. The number of ether oxygens (including phenoxy) is 3. The quantitative estimate of drug-likeness (QED) is 0.0263. The Balaban J connectivity index is 4.27. The van der Waals surface area contributed by atoms with Gasteiger partial charge in [0.1, 0.15) is 13.2 Å². The fraction of sp³-hybridized carbons (Fsp3) is 0.796. The van der Waals surface area contributed by atoms with Gasteiger partial charge >= 0.3 is 17.9 Å². The van der Waals surface area contributed by atoms with Gasteiger partial charge in [0.2, 0.25) is 0 Å². The number of carbonyl (C=O) groups excluding carboxylic acids is 3. The van der Waals surface area contributed by atoms with E-state index in [0.717, 1.165) is 89.9 Å². The van der Waals surface area contributed by atoms with Gasteiger partial charge in [-0.1, -0.05) is 204 Å². The summed E-state index contributed by atoms with van der Waals surface area (Å²) in [6, 6.07) is 0. The van der Waals surface area contributed by atoms with E-state index >= 15 is 0 Å². The van der Waals surface area contributed by atoms with Crippen molar-refractivity contribution in [2.45, 2.75) is 264 Å². The molecule has 0 aliphatic heterocycles. The summed E-state index contributed by atoms with van der Waals surface area (Å²) < 4.78 is 16.7. The maximum Gasteiger partial charge on any atom is 0.306 e. The first kappa shape index (κ1) is 57.4. The van der Waals surface area contributed by atoms with Crippen LogP contribution in [0.5, 0.6) is 0 Å². The Bertz CT molecular complexity index is 1060. The van der Waals surface area contributed by atoms with Crippen LogP contribution in [0.25, 0.3) is 0 Å². The molecule has 60 heavy (non-hydrogen) atoms. The molecule has 0 bridgehead atoms. The molecule has 0 aromatic rings. The molecule has 0 aliphatic carbocycles. The second-order valence-corrected chi connectivity index (χ2v) is 17.1. The van der Waals surface area contributed by atoms with Gasteiger partial charge in [0.05, 0.1) is 0 Å². The fourth-order valence-electron chi connectivity index (χ4n) is 7.15. The van der Waals surface area contributed by atoms with Crippen molar-refractivity contribution >= 4 is 17.9 Å². The third kappa shape index (κ3) is 46.4. The molecule has 6 nitrogen and oxygen atoms in total. The Labute approximate surface area is 371 Å². The summed E-state index contributed by atoms with van der Waals surface area (Å²) in [5, 5.41) is 0. The van der Waals surface area contributed by atoms with E-state index in [-0.39, 0.29) is 31.1 Å². The predicted molar refractivity (Wildman–Crippen MR) is 256 cm³/mol. The number of allylic oxidation sites excluding steroid dienone is 8. The summed E-state index contributed by atoms with van der Waals surface area (Å²) in [5.41, 5.74) is 0. The highest BCUT2D eigenvalue weighted by Gasteiger charge is 2.19. The second-order valence-electron chi connectivity index (χ2n) is 17.1. The number of hydrogen-bond acceptors (Lipinski definition) is 6. The Morgan fingerprint density at radius 1 is 0.333 bits per heavy atom. The first-order valence-corrected chi connectivity index (χ1v) is 25.6. The molecule has 0 spiro atoms. The number of hydrogen-bond donors (Lipinski definition) is 0. The van der Waals surface area contributed by atoms with Crippen LogP contribution in [0.15, 0.2) is 48.6 Å². The van der Waals surface area contributed by atoms with E-state index in [1.165, 1.54) is 128 Å². The SMILES string of the molecule is CCCCC/C=C\C/C=C\CCCCCCCCCCCC(=O)OCC(COC(=O)CCCCCCCCC)OC(=O)CCCCCCC/C=C\C/C=C\CCCCCC. The van der Waals surface area contributed by atoms with E-state index in [4.69, 9.17) is 14.2 Å². The average Bonchev–Trinajstić information content (AvgIpc) is 3.24. The Morgan fingerprint density at radius 2 is 0.600 bits per heavy atom. The summed E-state index contributed by atoms with van der Waals surface area (Å²) >= 11 is 0. The van der Waals surface area contributed by atoms with E-state index in [1.54, 1.807) is 0 Å². The standard InChI is InChI=1S/C54H96O6/c1-4-7-10-13-16-18-20-22-24-26-27-28-30-31-33-35-38-41-44-47-53(56)59-50-51(49-58-52(55)46-43-40-37-15-12-9-6-3)60-54(57)48-45-42-39-36-34-32-29-25-23-21-19-17-14-11-8-5-2/h16,18-19,21-22,24-25,29,51H,4-15,17,20,23,26-28,30-50H2,1-3H3/b18-16-,21-19-,24-22-,29-25-. The zero-order valence-corrected chi connectivity index (χ0v) is 39.7. The summed E-state index contributed by atoms with van der Waals surface area (Å²) in [6.07, 6.45) is 58.2. The first-order valence-electron chi connectivity index (χ1n) is 25.6. The molecule has 0 aromatic carbocycles. The number of rotatable bonds is 46. The van der Waals surface area contributed by atoms with Crippen LogP contribution in [0.1, 0.15) is 258 Å². The van der Waals surface area contributed by atoms with Crippen molar-refractivity contribution in [1.29, 1.82) is 0 Å². The number of carbonyl (C=O) groups is 3. The summed E-state index contributed by atoms with van der Waals surface area (Å²) in [7, 11) is 0. The molecular formula is C54H96O6. The predicted octanol–water partition coefficient (Wildman–Crippen LogP) is 16.7. The lowest BCUT2D eigenvalue weighted by Gasteiger charge is -2.18. The van der Waals surface area contributed by atoms with Crippen molar-refractivity contribution in [3.63, 3.8) is 0 Å². The van der Waals surface area contributed by atoms with Gasteiger partial charge < -0.3 is 14.2 Å². The highest BCUT2D eigenvalue weighted by atomic mass is 16.6. The molecule has 0 aromatic heterocycles. The molecular weight excluding hydrogens is 745 g/mol. The first-order chi connectivity index (χ1) is 29.5. The van der Waals surface area contributed by atoms with Crippen molar-refractivity contribution in [2.24, 2.45) is 0 Å². The Morgan fingerprint density at radius 3 is 0.967 bits per heavy atom. The number of unbranched alkanes of at least 4 members (excludes halogenated alkanes) is 27. The van der Waals surface area contributed by atoms with Gasteiger partial charge in [0.15, 0.2) is 6.10 Å². The van der Waals surface area contributed by atoms with Gasteiger partial charge in [-0.15, -0.1) is 0 Å². The minimum atomic E-state index is -0.777. The number of esters is 3. The zero-order chi connectivity index (χ0) is 43.7. The van der Waals surface area contributed by atoms with Crippen molar-refractivity contribution in [2.75, 3.05) is 13.2 Å². The highest BCUT2D eigenvalue weighted by Crippen LogP contribution is 2.14. The molecule has 0 N–H and O–H groups in total. The molecule has 6 heteroatoms. The molecule has 1 unspecified atom stereocenters. The molecule has 0 aliphatic rings. The molecule has 1 atom stereocenters. The lowest BCUT2D eigenvalue weighted by atomic mass is 10.1. The van der Waals surface area contributed by atoms with Gasteiger partial charge in [-0.3, -0.25) is 14.4 Å². The molecule has 0 saturated heterocycles. The molecule has 0 heterocycles. The maximum absolute atomic E-state index is 12.7. The maximum atomic E-state index is 12.7. The van der Waals surface area contributed by atoms with E-state index in [9.17, 15) is 14.4 Å². The highest BCUT2D eigenvalue weighted by molar-refractivity contribution is 5.71. The van der Waals surface area contributed by atoms with Crippen LogP contribution in [0.4, 0.5) is 0 Å². The lowest BCUT2D eigenvalue weighted by Crippen LogP contribution is -2.30. The van der Waals surface area contributed by atoms with Crippen LogP contribution in [-0.4, -0.2) is 37.2 Å². The van der Waals surface area contributed by atoms with Crippen LogP contribution in [0, 0.1) is 0 Å². The molecule has 348 valence electrons. The minimum Gasteiger partial charge on any atom is -0.462 e. The summed E-state index contributed by atoms with van der Waals surface area (Å²) in [4.78, 5) is 37.8. The monoisotopic (exact) mass is 841 g/mol. The van der Waals surface area contributed by atoms with Gasteiger partial charge in [-0.25, -0.2) is 0 Å². The Kier molecular flexibility index (Phi) is 46.9. The average molecular weight is 841 g/mol. The van der Waals surface area contributed by atoms with Gasteiger partial charge in [-0.2, -0.15) is 0 Å². The Hall–Kier alpha value is -2.63. The van der Waals surface area contributed by atoms with Crippen molar-refractivity contribution in [3.8, 4) is 0 Å². The fourth-order valence-corrected chi connectivity index (χ4v) is 7.15. The van der Waals surface area contributed by atoms with E-state index in [2.05, 4.69) is 69.4 Å². The smallest absolute Gasteiger partial charge is 0.306 e. The van der Waals surface area contributed by atoms with Gasteiger partial charge in [0, 0.05) is 19.3 Å². The zero-order valence-electron chi connectivity index (χ0n) is 39.7. The topological polar surface area (TPSA) is 78.9 Å². The van der Waals surface area contributed by atoms with E-state index in [1.807, 2.05) is 0 Å². The second kappa shape index (κ2) is 49.0. The van der Waals surface area contributed by atoms with Gasteiger partial charge in [-0.05, 0) is 83.5 Å². The summed E-state index contributed by atoms with van der Waals surface area (Å²) in [5.74, 6) is -0.899. The molecule has 0 saturated carbocycles. The summed E-state index contributed by atoms with van der Waals surface area (Å²) in [6.45, 7) is 6.55. The van der Waals surface area contributed by atoms with E-state index in [0.29, 0.717) is 19.3 Å². The van der Waals surface area contributed by atoms with Crippen LogP contribution in [0.3, 0.4) is 0 Å². The van der Waals surface area contributed by atoms with Crippen LogP contribution in [-0.2, 0) is 28.6 Å². The van der Waals surface area contributed by atoms with Crippen molar-refractivity contribution in [3.05, 3.63) is 48.6 Å². The largest absolute Gasteiger partial charge is 0.462 e. The molecule has 0 rings (SSSR count). The van der Waals surface area contributed by atoms with Crippen molar-refractivity contribution < 1.29 is 28.6 Å². The normalized spacial score (nSPS) is 12.4. The van der Waals surface area contributed by atoms with Crippen LogP contribution < -0.4 is 0 Å². The van der Waals surface area contributed by atoms with Crippen LogP contribution in [0.2, 0.25) is 0 Å². The lowest BCUT2D eigenvalue weighted by molar-refractivity contribution is -0.167. The minimum absolute atomic E-state index is 0.0792. The van der Waals surface area contributed by atoms with Crippen molar-refractivity contribution in [1.82, 2.24) is 0 Å². The van der Waals surface area contributed by atoms with Crippen LogP contribution >= 0.6 is 0 Å². The molecule has 0 fully saturated rings. The third-order valence-electron chi connectivity index (χ3n) is 11.1. The molecule has 0 radical (unpaired) electrons.